The summed E-state index contributed by atoms with van der Waals surface area (Å²) >= 11 is 12.3. The maximum atomic E-state index is 12.9. The van der Waals surface area contributed by atoms with E-state index < -0.39 is 10.0 Å². The third kappa shape index (κ3) is 4.15. The number of primary sulfonamides is 1. The standard InChI is InChI=1S/C20H21Cl2N3O3S/c21-17-4-2-1-3-13(17)11-24-7-5-15(6-8-24)25-12-14-9-18(22)19(29(23,27)28)10-16(14)20(25)26/h1-4,9-10,15H,5-8,11-12H2,(H2,23,27,28). The lowest BCUT2D eigenvalue weighted by atomic mass is 10.0. The maximum Gasteiger partial charge on any atom is 0.254 e. The van der Waals surface area contributed by atoms with Crippen molar-refractivity contribution in [3.8, 4) is 0 Å². The topological polar surface area (TPSA) is 83.7 Å². The fourth-order valence-corrected chi connectivity index (χ4v) is 5.42. The molecule has 6 nitrogen and oxygen atoms in total. The van der Waals surface area contributed by atoms with E-state index in [1.54, 1.807) is 6.07 Å². The van der Waals surface area contributed by atoms with Gasteiger partial charge in [-0.3, -0.25) is 9.69 Å². The Morgan fingerprint density at radius 3 is 2.41 bits per heavy atom. The number of nitrogens with two attached hydrogens (primary N) is 1. The second-order valence-corrected chi connectivity index (χ2v) is 9.86. The van der Waals surface area contributed by atoms with Crippen molar-refractivity contribution in [2.75, 3.05) is 13.1 Å². The first kappa shape index (κ1) is 20.6. The van der Waals surface area contributed by atoms with E-state index in [0.717, 1.165) is 48.6 Å². The molecule has 2 aromatic carbocycles. The zero-order valence-corrected chi connectivity index (χ0v) is 18.0. The van der Waals surface area contributed by atoms with E-state index in [4.69, 9.17) is 28.3 Å². The highest BCUT2D eigenvalue weighted by Gasteiger charge is 2.36. The molecule has 2 aliphatic rings. The highest BCUT2D eigenvalue weighted by atomic mass is 35.5. The summed E-state index contributed by atoms with van der Waals surface area (Å²) in [4.78, 5) is 16.9. The number of piperidine rings is 1. The van der Waals surface area contributed by atoms with Gasteiger partial charge in [-0.1, -0.05) is 41.4 Å². The van der Waals surface area contributed by atoms with E-state index in [1.165, 1.54) is 6.07 Å². The van der Waals surface area contributed by atoms with Crippen molar-refractivity contribution in [1.29, 1.82) is 0 Å². The number of rotatable bonds is 4. The molecule has 2 heterocycles. The number of carbonyl (C=O) groups is 1. The lowest BCUT2D eigenvalue weighted by molar-refractivity contribution is 0.0590. The minimum atomic E-state index is -3.98. The molecule has 1 fully saturated rings. The van der Waals surface area contributed by atoms with Gasteiger partial charge in [0.2, 0.25) is 10.0 Å². The van der Waals surface area contributed by atoms with Crippen molar-refractivity contribution < 1.29 is 13.2 Å². The lowest BCUT2D eigenvalue weighted by Gasteiger charge is -2.36. The van der Waals surface area contributed by atoms with Crippen LogP contribution in [0.5, 0.6) is 0 Å². The van der Waals surface area contributed by atoms with Crippen LogP contribution in [-0.4, -0.2) is 43.3 Å². The number of nitrogens with zero attached hydrogens (tertiary/aromatic N) is 2. The van der Waals surface area contributed by atoms with Crippen molar-refractivity contribution in [3.05, 3.63) is 63.1 Å². The molecule has 9 heteroatoms. The Balaban J connectivity index is 1.44. The van der Waals surface area contributed by atoms with Crippen LogP contribution in [0.15, 0.2) is 41.3 Å². The first-order valence-electron chi connectivity index (χ1n) is 9.36. The predicted molar refractivity (Wildman–Crippen MR) is 112 cm³/mol. The SMILES string of the molecule is NS(=O)(=O)c1cc2c(cc1Cl)CN(C1CCN(Cc3ccccc3Cl)CC1)C2=O. The summed E-state index contributed by atoms with van der Waals surface area (Å²) < 4.78 is 23.4. The van der Waals surface area contributed by atoms with Gasteiger partial charge in [0.25, 0.3) is 5.91 Å². The highest BCUT2D eigenvalue weighted by molar-refractivity contribution is 7.89. The molecular weight excluding hydrogens is 433 g/mol. The monoisotopic (exact) mass is 453 g/mol. The minimum absolute atomic E-state index is 0.0514. The first-order chi connectivity index (χ1) is 13.7. The van der Waals surface area contributed by atoms with Gasteiger partial charge in [-0.2, -0.15) is 0 Å². The van der Waals surface area contributed by atoms with Crippen LogP contribution < -0.4 is 5.14 Å². The van der Waals surface area contributed by atoms with Crippen molar-refractivity contribution in [2.24, 2.45) is 5.14 Å². The number of benzene rings is 2. The zero-order valence-electron chi connectivity index (χ0n) is 15.6. The van der Waals surface area contributed by atoms with E-state index in [9.17, 15) is 13.2 Å². The summed E-state index contributed by atoms with van der Waals surface area (Å²) in [5.74, 6) is -0.161. The molecule has 1 amide bonds. The first-order valence-corrected chi connectivity index (χ1v) is 11.7. The number of fused-ring (bicyclic) bond motifs is 1. The minimum Gasteiger partial charge on any atom is -0.331 e. The number of halogens is 2. The van der Waals surface area contributed by atoms with Gasteiger partial charge in [-0.25, -0.2) is 13.6 Å². The fourth-order valence-electron chi connectivity index (χ4n) is 4.10. The molecule has 0 aromatic heterocycles. The van der Waals surface area contributed by atoms with Crippen LogP contribution in [0.2, 0.25) is 10.0 Å². The second-order valence-electron chi connectivity index (χ2n) is 7.52. The van der Waals surface area contributed by atoms with Gasteiger partial charge in [-0.15, -0.1) is 0 Å². The summed E-state index contributed by atoms with van der Waals surface area (Å²) in [6.45, 7) is 2.94. The number of hydrogen-bond donors (Lipinski definition) is 1. The normalized spacial score (nSPS) is 18.3. The third-order valence-corrected chi connectivity index (χ3v) is 7.39. The van der Waals surface area contributed by atoms with Crippen LogP contribution in [0.3, 0.4) is 0 Å². The zero-order chi connectivity index (χ0) is 20.8. The number of sulfonamides is 1. The van der Waals surface area contributed by atoms with Crippen LogP contribution >= 0.6 is 23.2 Å². The Morgan fingerprint density at radius 2 is 1.76 bits per heavy atom. The summed E-state index contributed by atoms with van der Waals surface area (Å²) in [7, 11) is -3.98. The molecule has 0 bridgehead atoms. The lowest BCUT2D eigenvalue weighted by Crippen LogP contribution is -2.44. The van der Waals surface area contributed by atoms with Crippen molar-refractivity contribution >= 4 is 39.1 Å². The van der Waals surface area contributed by atoms with Crippen LogP contribution in [0.4, 0.5) is 0 Å². The van der Waals surface area contributed by atoms with E-state index in [2.05, 4.69) is 4.90 Å². The summed E-state index contributed by atoms with van der Waals surface area (Å²) in [5, 5.41) is 6.03. The number of carbonyl (C=O) groups excluding carboxylic acids is 1. The largest absolute Gasteiger partial charge is 0.331 e. The molecule has 0 saturated carbocycles. The predicted octanol–water partition coefficient (Wildman–Crippen LogP) is 3.26. The van der Waals surface area contributed by atoms with Crippen molar-refractivity contribution in [3.63, 3.8) is 0 Å². The Labute approximate surface area is 180 Å². The molecule has 0 aliphatic carbocycles. The molecule has 0 spiro atoms. The quantitative estimate of drug-likeness (QED) is 0.769. The van der Waals surface area contributed by atoms with Crippen LogP contribution in [0, 0.1) is 0 Å². The summed E-state index contributed by atoms with van der Waals surface area (Å²) in [6.07, 6.45) is 1.69. The van der Waals surface area contributed by atoms with Crippen LogP contribution in [0.1, 0.15) is 34.3 Å². The molecule has 0 unspecified atom stereocenters. The van der Waals surface area contributed by atoms with Crippen molar-refractivity contribution in [2.45, 2.75) is 36.9 Å². The van der Waals surface area contributed by atoms with E-state index in [-0.39, 0.29) is 21.9 Å². The van der Waals surface area contributed by atoms with Crippen LogP contribution in [0.25, 0.3) is 0 Å². The molecule has 1 saturated heterocycles. The van der Waals surface area contributed by atoms with Gasteiger partial charge >= 0.3 is 0 Å². The van der Waals surface area contributed by atoms with Gasteiger partial charge in [0.15, 0.2) is 0 Å². The fraction of sp³-hybridized carbons (Fsp3) is 0.350. The molecule has 0 radical (unpaired) electrons. The molecule has 2 N–H and O–H groups in total. The number of likely N-dealkylation sites (tertiary alicyclic amines) is 1. The maximum absolute atomic E-state index is 12.9. The van der Waals surface area contributed by atoms with Gasteiger partial charge in [-0.05, 0) is 42.2 Å². The average molecular weight is 454 g/mol. The van der Waals surface area contributed by atoms with Crippen LogP contribution in [-0.2, 0) is 23.1 Å². The number of hydrogen-bond acceptors (Lipinski definition) is 4. The molecule has 154 valence electrons. The highest BCUT2D eigenvalue weighted by Crippen LogP contribution is 2.33. The molecule has 2 aromatic rings. The summed E-state index contributed by atoms with van der Waals surface area (Å²) in [6, 6.07) is 10.8. The average Bonchev–Trinajstić information content (AvgIpc) is 2.98. The van der Waals surface area contributed by atoms with Gasteiger partial charge in [0.05, 0.1) is 5.02 Å². The molecular formula is C20H21Cl2N3O3S. The van der Waals surface area contributed by atoms with Crippen molar-refractivity contribution in [1.82, 2.24) is 9.80 Å². The number of amides is 1. The van der Waals surface area contributed by atoms with E-state index >= 15 is 0 Å². The van der Waals surface area contributed by atoms with Gasteiger partial charge in [0, 0.05) is 42.8 Å². The molecule has 4 rings (SSSR count). The smallest absolute Gasteiger partial charge is 0.254 e. The molecule has 2 aliphatic heterocycles. The Hall–Kier alpha value is -1.64. The van der Waals surface area contributed by atoms with Gasteiger partial charge in [0.1, 0.15) is 4.90 Å². The second kappa shape index (κ2) is 7.89. The molecule has 0 atom stereocenters. The molecule has 29 heavy (non-hydrogen) atoms. The van der Waals surface area contributed by atoms with E-state index in [0.29, 0.717) is 12.1 Å². The third-order valence-electron chi connectivity index (χ3n) is 5.65. The Bertz CT molecular complexity index is 1070. The summed E-state index contributed by atoms with van der Waals surface area (Å²) in [5.41, 5.74) is 2.21. The van der Waals surface area contributed by atoms with Gasteiger partial charge < -0.3 is 4.90 Å². The Kier molecular flexibility index (Phi) is 5.61. The Morgan fingerprint density at radius 1 is 1.07 bits per heavy atom. The van der Waals surface area contributed by atoms with E-state index in [1.807, 2.05) is 29.2 Å².